The summed E-state index contributed by atoms with van der Waals surface area (Å²) in [6, 6.07) is 16.6. The summed E-state index contributed by atoms with van der Waals surface area (Å²) in [6.07, 6.45) is 4.18. The van der Waals surface area contributed by atoms with Gasteiger partial charge in [-0.25, -0.2) is 4.98 Å². The van der Waals surface area contributed by atoms with E-state index in [1.807, 2.05) is 55.4 Å². The quantitative estimate of drug-likeness (QED) is 0.597. The number of fused-ring (bicyclic) bond motifs is 3. The van der Waals surface area contributed by atoms with Crippen LogP contribution in [-0.4, -0.2) is 33.4 Å². The number of hydrogen-bond acceptors (Lipinski definition) is 2. The number of nitrogens with zero attached hydrogens (tertiary/aromatic N) is 3. The minimum Gasteiger partial charge on any atom is -0.343 e. The van der Waals surface area contributed by atoms with Crippen LogP contribution in [0.4, 0.5) is 0 Å². The molecule has 0 saturated heterocycles. The first kappa shape index (κ1) is 18.0. The van der Waals surface area contributed by atoms with E-state index in [1.165, 1.54) is 0 Å². The zero-order valence-corrected chi connectivity index (χ0v) is 17.1. The maximum Gasteiger partial charge on any atom is 0.225 e. The van der Waals surface area contributed by atoms with Crippen LogP contribution >= 0.6 is 15.9 Å². The Morgan fingerprint density at radius 3 is 2.52 bits per heavy atom. The van der Waals surface area contributed by atoms with Crippen LogP contribution in [0.5, 0.6) is 0 Å². The fraction of sp³-hybridized carbons (Fsp3) is 0.273. The summed E-state index contributed by atoms with van der Waals surface area (Å²) in [7, 11) is 0. The van der Waals surface area contributed by atoms with Crippen LogP contribution in [0.3, 0.4) is 0 Å². The van der Waals surface area contributed by atoms with E-state index in [0.717, 1.165) is 27.0 Å². The maximum atomic E-state index is 13.2. The number of carbonyl (C=O) groups is 1. The van der Waals surface area contributed by atoms with Gasteiger partial charge in [-0.15, -0.1) is 0 Å². The lowest BCUT2D eigenvalue weighted by molar-refractivity contribution is -0.132. The molecular formula is C22H22BrN3O. The van der Waals surface area contributed by atoms with E-state index < -0.39 is 5.54 Å². The van der Waals surface area contributed by atoms with Gasteiger partial charge in [0.25, 0.3) is 0 Å². The van der Waals surface area contributed by atoms with E-state index in [9.17, 15) is 4.79 Å². The van der Waals surface area contributed by atoms with Crippen molar-refractivity contribution < 1.29 is 4.79 Å². The molecule has 0 spiro atoms. The Labute approximate surface area is 168 Å². The Balaban J connectivity index is 1.96. The molecule has 27 heavy (non-hydrogen) atoms. The van der Waals surface area contributed by atoms with E-state index in [0.29, 0.717) is 19.5 Å². The lowest BCUT2D eigenvalue weighted by atomic mass is 9.79. The average molecular weight is 424 g/mol. The third-order valence-corrected chi connectivity index (χ3v) is 6.04. The van der Waals surface area contributed by atoms with Crippen molar-refractivity contribution >= 4 is 21.8 Å². The molecule has 3 aromatic rings. The Morgan fingerprint density at radius 1 is 1.11 bits per heavy atom. The molecule has 4 rings (SSSR count). The number of aromatic nitrogens is 2. The van der Waals surface area contributed by atoms with E-state index in [-0.39, 0.29) is 5.91 Å². The zero-order chi connectivity index (χ0) is 19.0. The van der Waals surface area contributed by atoms with Gasteiger partial charge in [0.15, 0.2) is 0 Å². The Morgan fingerprint density at radius 2 is 1.81 bits per heavy atom. The van der Waals surface area contributed by atoms with E-state index in [1.54, 1.807) is 0 Å². The van der Waals surface area contributed by atoms with E-state index >= 15 is 0 Å². The number of carbonyl (C=O) groups excluding carboxylic acids is 1. The number of rotatable bonds is 5. The van der Waals surface area contributed by atoms with Gasteiger partial charge in [-0.2, -0.15) is 0 Å². The van der Waals surface area contributed by atoms with Crippen molar-refractivity contribution in [2.45, 2.75) is 25.8 Å². The molecular weight excluding hydrogens is 402 g/mol. The predicted molar refractivity (Wildman–Crippen MR) is 111 cm³/mol. The van der Waals surface area contributed by atoms with Crippen molar-refractivity contribution in [3.63, 3.8) is 0 Å². The van der Waals surface area contributed by atoms with Crippen molar-refractivity contribution in [3.05, 3.63) is 76.5 Å². The molecule has 0 N–H and O–H groups in total. The van der Waals surface area contributed by atoms with E-state index in [4.69, 9.17) is 0 Å². The van der Waals surface area contributed by atoms with Crippen molar-refractivity contribution in [2.75, 3.05) is 13.1 Å². The first-order chi connectivity index (χ1) is 13.1. The predicted octanol–water partition coefficient (Wildman–Crippen LogP) is 4.68. The summed E-state index contributed by atoms with van der Waals surface area (Å²) in [5, 5.41) is 0. The maximum absolute atomic E-state index is 13.2. The van der Waals surface area contributed by atoms with Gasteiger partial charge < -0.3 is 9.47 Å². The molecule has 0 fully saturated rings. The van der Waals surface area contributed by atoms with Gasteiger partial charge in [-0.3, -0.25) is 4.79 Å². The smallest absolute Gasteiger partial charge is 0.225 e. The molecule has 2 heterocycles. The molecule has 0 radical (unpaired) electrons. The molecule has 0 bridgehead atoms. The molecule has 0 saturated carbocycles. The molecule has 1 atom stereocenters. The number of imidazole rings is 1. The van der Waals surface area contributed by atoms with Crippen LogP contribution in [-0.2, 0) is 10.3 Å². The summed E-state index contributed by atoms with van der Waals surface area (Å²) >= 11 is 3.53. The lowest BCUT2D eigenvalue weighted by Gasteiger charge is -2.35. The van der Waals surface area contributed by atoms with Gasteiger partial charge in [0, 0.05) is 35.5 Å². The fourth-order valence-corrected chi connectivity index (χ4v) is 4.45. The number of benzene rings is 2. The number of amides is 1. The fourth-order valence-electron chi connectivity index (χ4n) is 4.19. The lowest BCUT2D eigenvalue weighted by Crippen LogP contribution is -2.41. The largest absolute Gasteiger partial charge is 0.343 e. The first-order valence-corrected chi connectivity index (χ1v) is 10.1. The molecule has 5 heteroatoms. The monoisotopic (exact) mass is 423 g/mol. The van der Waals surface area contributed by atoms with Crippen LogP contribution in [0.15, 0.2) is 65.4 Å². The highest BCUT2D eigenvalue weighted by atomic mass is 79.9. The molecule has 1 aliphatic heterocycles. The molecule has 1 unspecified atom stereocenters. The van der Waals surface area contributed by atoms with Gasteiger partial charge >= 0.3 is 0 Å². The van der Waals surface area contributed by atoms with Crippen LogP contribution in [0.1, 0.15) is 31.4 Å². The summed E-state index contributed by atoms with van der Waals surface area (Å²) in [4.78, 5) is 19.7. The first-order valence-electron chi connectivity index (χ1n) is 9.29. The van der Waals surface area contributed by atoms with Crippen molar-refractivity contribution in [3.8, 4) is 11.4 Å². The summed E-state index contributed by atoms with van der Waals surface area (Å²) < 4.78 is 3.19. The molecule has 4 nitrogen and oxygen atoms in total. The van der Waals surface area contributed by atoms with Crippen LogP contribution in [0, 0.1) is 0 Å². The highest BCUT2D eigenvalue weighted by Gasteiger charge is 2.46. The Bertz CT molecular complexity index is 975. The Kier molecular flexibility index (Phi) is 4.64. The zero-order valence-electron chi connectivity index (χ0n) is 15.5. The van der Waals surface area contributed by atoms with Gasteiger partial charge in [0.1, 0.15) is 11.4 Å². The second-order valence-corrected chi connectivity index (χ2v) is 7.69. The molecule has 1 aliphatic rings. The van der Waals surface area contributed by atoms with Crippen LogP contribution < -0.4 is 0 Å². The molecule has 2 aromatic carbocycles. The van der Waals surface area contributed by atoms with E-state index in [2.05, 4.69) is 49.7 Å². The highest BCUT2D eigenvalue weighted by Crippen LogP contribution is 2.49. The van der Waals surface area contributed by atoms with Crippen molar-refractivity contribution in [2.24, 2.45) is 0 Å². The van der Waals surface area contributed by atoms with Gasteiger partial charge in [0.2, 0.25) is 5.91 Å². The van der Waals surface area contributed by atoms with Crippen molar-refractivity contribution in [1.82, 2.24) is 14.5 Å². The average Bonchev–Trinajstić information content (AvgIpc) is 3.26. The molecule has 138 valence electrons. The minimum atomic E-state index is -0.581. The minimum absolute atomic E-state index is 0.152. The highest BCUT2D eigenvalue weighted by molar-refractivity contribution is 9.10. The topological polar surface area (TPSA) is 38.1 Å². The standard InChI is InChI=1S/C22H22BrN3O/c1-3-25(4-2)20(27)15-22(16-9-11-17(23)12-10-16)19-8-6-5-7-18(19)21-24-13-14-26(21)22/h5-14H,3-4,15H2,1-2H3. The van der Waals surface area contributed by atoms with Gasteiger partial charge in [-0.1, -0.05) is 52.3 Å². The second kappa shape index (κ2) is 6.97. The third-order valence-electron chi connectivity index (χ3n) is 5.51. The number of hydrogen-bond donors (Lipinski definition) is 0. The molecule has 1 amide bonds. The number of halogens is 1. The van der Waals surface area contributed by atoms with Gasteiger partial charge in [0.05, 0.1) is 6.42 Å². The summed E-state index contributed by atoms with van der Waals surface area (Å²) in [5.41, 5.74) is 2.74. The van der Waals surface area contributed by atoms with Crippen molar-refractivity contribution in [1.29, 1.82) is 0 Å². The normalized spacial score (nSPS) is 17.4. The molecule has 1 aromatic heterocycles. The van der Waals surface area contributed by atoms with Crippen LogP contribution in [0.25, 0.3) is 11.4 Å². The summed E-state index contributed by atoms with van der Waals surface area (Å²) in [6.45, 7) is 5.48. The third kappa shape index (κ3) is 2.72. The molecule has 0 aliphatic carbocycles. The second-order valence-electron chi connectivity index (χ2n) is 6.78. The summed E-state index contributed by atoms with van der Waals surface area (Å²) in [5.74, 6) is 1.07. The van der Waals surface area contributed by atoms with Gasteiger partial charge in [-0.05, 0) is 37.1 Å². The Hall–Kier alpha value is -2.40. The van der Waals surface area contributed by atoms with Crippen LogP contribution in [0.2, 0.25) is 0 Å². The SMILES string of the molecule is CCN(CC)C(=O)CC1(c2ccc(Br)cc2)c2ccccc2-c2nccn21.